The molecule has 1 heterocycles. The molecular weight excluding hydrogens is 276 g/mol. The number of carboxylic acid groups (broad SMARTS) is 1. The van der Waals surface area contributed by atoms with Crippen molar-refractivity contribution < 1.29 is 19.7 Å². The second-order valence-corrected chi connectivity index (χ2v) is 4.47. The summed E-state index contributed by atoms with van der Waals surface area (Å²) in [6.07, 6.45) is -0.486. The topological polar surface area (TPSA) is 102 Å². The Bertz CT molecular complexity index is 752. The molecule has 0 unspecified atom stereocenters. The molecule has 0 aliphatic heterocycles. The van der Waals surface area contributed by atoms with E-state index in [9.17, 15) is 14.7 Å². The summed E-state index contributed by atoms with van der Waals surface area (Å²) in [6, 6.07) is 6.12. The van der Waals surface area contributed by atoms with Crippen molar-refractivity contribution in [3.63, 3.8) is 0 Å². The number of ether oxygens (including phenoxy) is 1. The number of aryl methyl sites for hydroxylation is 1. The quantitative estimate of drug-likeness (QED) is 0.866. The van der Waals surface area contributed by atoms with Gasteiger partial charge in [-0.15, -0.1) is 0 Å². The number of carbonyl (C=O) groups is 1. The van der Waals surface area contributed by atoms with Crippen molar-refractivity contribution in [3.05, 3.63) is 45.9 Å². The van der Waals surface area contributed by atoms with Crippen LogP contribution in [0.1, 0.15) is 11.3 Å². The third-order valence-corrected chi connectivity index (χ3v) is 2.87. The van der Waals surface area contributed by atoms with Gasteiger partial charge in [0.15, 0.2) is 0 Å². The van der Waals surface area contributed by atoms with E-state index in [1.54, 1.807) is 12.1 Å². The number of aromatic hydroxyl groups is 1. The average molecular weight is 290 g/mol. The van der Waals surface area contributed by atoms with Gasteiger partial charge >= 0.3 is 5.97 Å². The van der Waals surface area contributed by atoms with E-state index in [0.29, 0.717) is 11.4 Å². The van der Waals surface area contributed by atoms with Gasteiger partial charge < -0.3 is 14.9 Å². The molecule has 0 radical (unpaired) electrons. The smallest absolute Gasteiger partial charge is 0.309 e. The molecule has 1 aromatic heterocycles. The van der Waals surface area contributed by atoms with Crippen LogP contribution in [0.15, 0.2) is 29.1 Å². The first kappa shape index (κ1) is 14.6. The van der Waals surface area contributed by atoms with E-state index in [0.717, 1.165) is 16.3 Å². The van der Waals surface area contributed by atoms with Crippen LogP contribution in [0.4, 0.5) is 0 Å². The highest BCUT2D eigenvalue weighted by atomic mass is 16.5. The Balaban J connectivity index is 2.66. The monoisotopic (exact) mass is 290 g/mol. The molecule has 2 N–H and O–H groups in total. The molecule has 7 heteroatoms. The van der Waals surface area contributed by atoms with Gasteiger partial charge in [0.2, 0.25) is 0 Å². The first-order valence-electron chi connectivity index (χ1n) is 6.11. The fourth-order valence-corrected chi connectivity index (χ4v) is 1.89. The number of aliphatic carboxylic acids is 1. The Hall–Kier alpha value is -2.83. The molecule has 21 heavy (non-hydrogen) atoms. The van der Waals surface area contributed by atoms with Gasteiger partial charge in [-0.2, -0.15) is 9.78 Å². The number of nitrogens with zero attached hydrogens (tertiary/aromatic N) is 2. The number of hydrogen-bond donors (Lipinski definition) is 2. The highest BCUT2D eigenvalue weighted by Gasteiger charge is 2.15. The van der Waals surface area contributed by atoms with E-state index in [-0.39, 0.29) is 5.69 Å². The fraction of sp³-hybridized carbons (Fsp3) is 0.214. The van der Waals surface area contributed by atoms with E-state index in [4.69, 9.17) is 9.84 Å². The highest BCUT2D eigenvalue weighted by Crippen LogP contribution is 2.23. The van der Waals surface area contributed by atoms with Gasteiger partial charge in [0, 0.05) is 6.07 Å². The van der Waals surface area contributed by atoms with E-state index < -0.39 is 23.7 Å². The lowest BCUT2D eigenvalue weighted by Gasteiger charge is -2.12. The number of methoxy groups -OCH3 is 1. The second kappa shape index (κ2) is 5.66. The summed E-state index contributed by atoms with van der Waals surface area (Å²) < 4.78 is 6.20. The maximum absolute atomic E-state index is 12.0. The zero-order chi connectivity index (χ0) is 15.6. The molecule has 0 atom stereocenters. The third-order valence-electron chi connectivity index (χ3n) is 2.87. The number of carboxylic acids is 1. The number of benzene rings is 1. The molecule has 0 amide bonds. The summed E-state index contributed by atoms with van der Waals surface area (Å²) in [6.45, 7) is 1.84. The predicted octanol–water partition coefficient (Wildman–Crippen LogP) is 0.882. The van der Waals surface area contributed by atoms with Gasteiger partial charge in [0.05, 0.1) is 13.5 Å². The number of rotatable bonds is 4. The minimum absolute atomic E-state index is 0.0920. The van der Waals surface area contributed by atoms with Gasteiger partial charge in [-0.05, 0) is 24.6 Å². The zero-order valence-electron chi connectivity index (χ0n) is 11.5. The van der Waals surface area contributed by atoms with Crippen LogP contribution in [-0.2, 0) is 11.2 Å². The first-order valence-corrected chi connectivity index (χ1v) is 6.11. The van der Waals surface area contributed by atoms with Crippen molar-refractivity contribution in [3.8, 4) is 17.2 Å². The van der Waals surface area contributed by atoms with Gasteiger partial charge in [-0.3, -0.25) is 9.59 Å². The van der Waals surface area contributed by atoms with Gasteiger partial charge in [-0.1, -0.05) is 6.07 Å². The molecule has 7 nitrogen and oxygen atoms in total. The van der Waals surface area contributed by atoms with Crippen molar-refractivity contribution >= 4 is 5.97 Å². The van der Waals surface area contributed by atoms with E-state index >= 15 is 0 Å². The van der Waals surface area contributed by atoms with Crippen molar-refractivity contribution in [1.29, 1.82) is 0 Å². The minimum atomic E-state index is -1.15. The summed E-state index contributed by atoms with van der Waals surface area (Å²) in [4.78, 5) is 22.8. The molecule has 1 aromatic carbocycles. The molecule has 0 saturated carbocycles. The SMILES string of the molecule is COc1ccc(C)cc1-n1nc(CC(=O)O)c(O)cc1=O. The van der Waals surface area contributed by atoms with Crippen LogP contribution < -0.4 is 10.3 Å². The molecule has 0 spiro atoms. The Morgan fingerprint density at radius 3 is 2.71 bits per heavy atom. The van der Waals surface area contributed by atoms with Gasteiger partial charge in [0.25, 0.3) is 5.56 Å². The van der Waals surface area contributed by atoms with Crippen molar-refractivity contribution in [2.75, 3.05) is 7.11 Å². The van der Waals surface area contributed by atoms with E-state index in [1.165, 1.54) is 7.11 Å². The molecule has 0 fully saturated rings. The van der Waals surface area contributed by atoms with E-state index in [1.807, 2.05) is 13.0 Å². The zero-order valence-corrected chi connectivity index (χ0v) is 11.5. The van der Waals surface area contributed by atoms with Crippen LogP contribution >= 0.6 is 0 Å². The summed E-state index contributed by atoms with van der Waals surface area (Å²) >= 11 is 0. The molecular formula is C14H14N2O5. The molecule has 0 aliphatic rings. The summed E-state index contributed by atoms with van der Waals surface area (Å²) in [5.41, 5.74) is 0.595. The number of aromatic nitrogens is 2. The van der Waals surface area contributed by atoms with Crippen LogP contribution in [0.25, 0.3) is 5.69 Å². The highest BCUT2D eigenvalue weighted by molar-refractivity contribution is 5.70. The molecule has 0 saturated heterocycles. The van der Waals surface area contributed by atoms with Gasteiger partial charge in [-0.25, -0.2) is 0 Å². The molecule has 110 valence electrons. The Labute approximate surface area is 120 Å². The first-order chi connectivity index (χ1) is 9.92. The lowest BCUT2D eigenvalue weighted by atomic mass is 10.2. The fourth-order valence-electron chi connectivity index (χ4n) is 1.89. The average Bonchev–Trinajstić information content (AvgIpc) is 2.41. The van der Waals surface area contributed by atoms with Crippen LogP contribution in [0.3, 0.4) is 0 Å². The predicted molar refractivity (Wildman–Crippen MR) is 74.1 cm³/mol. The Morgan fingerprint density at radius 1 is 1.38 bits per heavy atom. The van der Waals surface area contributed by atoms with Crippen molar-refractivity contribution in [1.82, 2.24) is 9.78 Å². The molecule has 2 aromatic rings. The van der Waals surface area contributed by atoms with Crippen molar-refractivity contribution in [2.45, 2.75) is 13.3 Å². The van der Waals surface area contributed by atoms with Crippen molar-refractivity contribution in [2.24, 2.45) is 0 Å². The van der Waals surface area contributed by atoms with Crippen LogP contribution in [0, 0.1) is 6.92 Å². The Kier molecular flexibility index (Phi) is 3.93. The largest absolute Gasteiger partial charge is 0.506 e. The summed E-state index contributed by atoms with van der Waals surface area (Å²) in [7, 11) is 1.46. The lowest BCUT2D eigenvalue weighted by molar-refractivity contribution is -0.136. The summed E-state index contributed by atoms with van der Waals surface area (Å²) in [5.74, 6) is -1.17. The maximum Gasteiger partial charge on any atom is 0.309 e. The van der Waals surface area contributed by atoms with Crippen LogP contribution in [-0.4, -0.2) is 33.1 Å². The number of hydrogen-bond acceptors (Lipinski definition) is 5. The standard InChI is InChI=1S/C14H14N2O5/c1-8-3-4-12(21-2)10(5-8)16-13(18)7-11(17)9(15-16)6-14(19)20/h3-5,7,17H,6H2,1-2H3,(H,19,20). The summed E-state index contributed by atoms with van der Waals surface area (Å²) in [5, 5.41) is 22.4. The molecule has 0 aliphatic carbocycles. The van der Waals surface area contributed by atoms with Gasteiger partial charge in [0.1, 0.15) is 22.9 Å². The van der Waals surface area contributed by atoms with Crippen LogP contribution in [0.5, 0.6) is 11.5 Å². The minimum Gasteiger partial charge on any atom is -0.506 e. The third kappa shape index (κ3) is 3.02. The van der Waals surface area contributed by atoms with Crippen LogP contribution in [0.2, 0.25) is 0 Å². The second-order valence-electron chi connectivity index (χ2n) is 4.47. The lowest BCUT2D eigenvalue weighted by Crippen LogP contribution is -2.23. The van der Waals surface area contributed by atoms with E-state index in [2.05, 4.69) is 5.10 Å². The maximum atomic E-state index is 12.0. The molecule has 2 rings (SSSR count). The normalized spacial score (nSPS) is 10.4. The molecule has 0 bridgehead atoms. The Morgan fingerprint density at radius 2 is 2.10 bits per heavy atom.